The molecule has 0 aromatic heterocycles. The first kappa shape index (κ1) is 15.4. The van der Waals surface area contributed by atoms with Gasteiger partial charge in [-0.2, -0.15) is 0 Å². The van der Waals surface area contributed by atoms with Gasteiger partial charge in [0.1, 0.15) is 0 Å². The summed E-state index contributed by atoms with van der Waals surface area (Å²) in [6.45, 7) is 3.73. The van der Waals surface area contributed by atoms with E-state index in [4.69, 9.17) is 10.5 Å². The van der Waals surface area contributed by atoms with E-state index in [-0.39, 0.29) is 5.91 Å². The zero-order valence-corrected chi connectivity index (χ0v) is 11.5. The summed E-state index contributed by atoms with van der Waals surface area (Å²) in [5.41, 5.74) is 5.44. The molecule has 1 rings (SSSR count). The second-order valence-corrected chi connectivity index (χ2v) is 5.04. The van der Waals surface area contributed by atoms with Gasteiger partial charge in [0.15, 0.2) is 0 Å². The summed E-state index contributed by atoms with van der Waals surface area (Å²) in [5, 5.41) is 3.07. The van der Waals surface area contributed by atoms with Crippen LogP contribution in [0.4, 0.5) is 0 Å². The molecule has 1 fully saturated rings. The maximum Gasteiger partial charge on any atom is 0.234 e. The molecule has 18 heavy (non-hydrogen) atoms. The minimum Gasteiger partial charge on any atom is -0.381 e. The van der Waals surface area contributed by atoms with Gasteiger partial charge in [0.25, 0.3) is 0 Å². The van der Waals surface area contributed by atoms with Crippen LogP contribution in [0.25, 0.3) is 0 Å². The normalized spacial score (nSPS) is 17.1. The second kappa shape index (κ2) is 9.30. The number of unbranched alkanes of at least 4 members (excludes halogenated alkanes) is 2. The predicted molar refractivity (Wildman–Crippen MR) is 72.4 cm³/mol. The van der Waals surface area contributed by atoms with Gasteiger partial charge in [0.05, 0.1) is 6.54 Å². The number of carbonyl (C=O) groups is 1. The van der Waals surface area contributed by atoms with Crippen LogP contribution in [0.3, 0.4) is 0 Å². The standard InChI is InChI=1S/C13H27N3O2/c1-16(8-4-2-3-7-14)11-13(17)15-12-5-9-18-10-6-12/h12H,2-11,14H2,1H3,(H,15,17). The highest BCUT2D eigenvalue weighted by atomic mass is 16.5. The number of ether oxygens (including phenoxy) is 1. The Kier molecular flexibility index (Phi) is 7.96. The molecule has 5 heteroatoms. The van der Waals surface area contributed by atoms with Gasteiger partial charge < -0.3 is 15.8 Å². The molecule has 106 valence electrons. The van der Waals surface area contributed by atoms with Gasteiger partial charge in [-0.3, -0.25) is 9.69 Å². The van der Waals surface area contributed by atoms with Crippen LogP contribution in [0.2, 0.25) is 0 Å². The average Bonchev–Trinajstić information content (AvgIpc) is 2.35. The highest BCUT2D eigenvalue weighted by molar-refractivity contribution is 5.78. The van der Waals surface area contributed by atoms with Crippen molar-refractivity contribution in [1.82, 2.24) is 10.2 Å². The Labute approximate surface area is 110 Å². The summed E-state index contributed by atoms with van der Waals surface area (Å²) >= 11 is 0. The summed E-state index contributed by atoms with van der Waals surface area (Å²) in [4.78, 5) is 13.9. The summed E-state index contributed by atoms with van der Waals surface area (Å²) in [5.74, 6) is 0.128. The minimum absolute atomic E-state index is 0.128. The van der Waals surface area contributed by atoms with Crippen molar-refractivity contribution in [1.29, 1.82) is 0 Å². The van der Waals surface area contributed by atoms with Gasteiger partial charge >= 0.3 is 0 Å². The fraction of sp³-hybridized carbons (Fsp3) is 0.923. The highest BCUT2D eigenvalue weighted by Crippen LogP contribution is 2.06. The lowest BCUT2D eigenvalue weighted by Gasteiger charge is -2.24. The number of carbonyl (C=O) groups excluding carboxylic acids is 1. The van der Waals surface area contributed by atoms with E-state index in [2.05, 4.69) is 10.2 Å². The van der Waals surface area contributed by atoms with Gasteiger partial charge in [0.2, 0.25) is 5.91 Å². The summed E-state index contributed by atoms with van der Waals surface area (Å²) in [6.07, 6.45) is 5.20. The topological polar surface area (TPSA) is 67.6 Å². The van der Waals surface area contributed by atoms with E-state index in [1.807, 2.05) is 7.05 Å². The third kappa shape index (κ3) is 6.93. The first-order valence-corrected chi connectivity index (χ1v) is 6.98. The number of nitrogens with zero attached hydrogens (tertiary/aromatic N) is 1. The van der Waals surface area contributed by atoms with E-state index in [0.29, 0.717) is 12.6 Å². The molecule has 0 saturated carbocycles. The summed E-state index contributed by atoms with van der Waals surface area (Å²) in [7, 11) is 1.99. The molecule has 0 radical (unpaired) electrons. The molecule has 0 aromatic rings. The van der Waals surface area contributed by atoms with E-state index >= 15 is 0 Å². The zero-order chi connectivity index (χ0) is 13.2. The SMILES string of the molecule is CN(CCCCCN)CC(=O)NC1CCOCC1. The smallest absolute Gasteiger partial charge is 0.234 e. The fourth-order valence-electron chi connectivity index (χ4n) is 2.14. The number of rotatable bonds is 8. The van der Waals surface area contributed by atoms with Gasteiger partial charge in [-0.15, -0.1) is 0 Å². The van der Waals surface area contributed by atoms with Crippen LogP contribution in [-0.2, 0) is 9.53 Å². The first-order chi connectivity index (χ1) is 8.72. The molecule has 0 bridgehead atoms. The Morgan fingerprint density at radius 2 is 2.06 bits per heavy atom. The molecule has 1 aliphatic heterocycles. The van der Waals surface area contributed by atoms with E-state index in [0.717, 1.165) is 58.4 Å². The molecule has 3 N–H and O–H groups in total. The molecular weight excluding hydrogens is 230 g/mol. The van der Waals surface area contributed by atoms with Crippen molar-refractivity contribution in [3.8, 4) is 0 Å². The largest absolute Gasteiger partial charge is 0.381 e. The van der Waals surface area contributed by atoms with Gasteiger partial charge in [-0.1, -0.05) is 6.42 Å². The molecular formula is C13H27N3O2. The third-order valence-corrected chi connectivity index (χ3v) is 3.24. The van der Waals surface area contributed by atoms with Crippen LogP contribution < -0.4 is 11.1 Å². The quantitative estimate of drug-likeness (QED) is 0.615. The van der Waals surface area contributed by atoms with E-state index < -0.39 is 0 Å². The minimum atomic E-state index is 0.128. The molecule has 0 spiro atoms. The Bertz CT molecular complexity index is 230. The molecule has 1 saturated heterocycles. The van der Waals surface area contributed by atoms with Crippen molar-refractivity contribution in [2.75, 3.05) is 39.9 Å². The lowest BCUT2D eigenvalue weighted by atomic mass is 10.1. The van der Waals surface area contributed by atoms with Crippen LogP contribution in [0, 0.1) is 0 Å². The van der Waals surface area contributed by atoms with Crippen LogP contribution in [0.5, 0.6) is 0 Å². The van der Waals surface area contributed by atoms with Crippen LogP contribution in [0.15, 0.2) is 0 Å². The lowest BCUT2D eigenvalue weighted by molar-refractivity contribution is -0.123. The van der Waals surface area contributed by atoms with Crippen molar-refractivity contribution >= 4 is 5.91 Å². The molecule has 1 aliphatic rings. The van der Waals surface area contributed by atoms with E-state index in [1.165, 1.54) is 0 Å². The third-order valence-electron chi connectivity index (χ3n) is 3.24. The molecule has 5 nitrogen and oxygen atoms in total. The maximum atomic E-state index is 11.8. The molecule has 0 unspecified atom stereocenters. The Hall–Kier alpha value is -0.650. The summed E-state index contributed by atoms with van der Waals surface area (Å²) < 4.78 is 5.27. The molecule has 0 atom stereocenters. The second-order valence-electron chi connectivity index (χ2n) is 5.04. The first-order valence-electron chi connectivity index (χ1n) is 6.98. The van der Waals surface area contributed by atoms with Crippen molar-refractivity contribution in [3.05, 3.63) is 0 Å². The molecule has 1 amide bonds. The number of amides is 1. The molecule has 0 aromatic carbocycles. The highest BCUT2D eigenvalue weighted by Gasteiger charge is 2.16. The predicted octanol–water partition coefficient (Wildman–Crippen LogP) is 0.342. The number of nitrogens with two attached hydrogens (primary N) is 1. The van der Waals surface area contributed by atoms with Gasteiger partial charge in [-0.05, 0) is 45.8 Å². The Morgan fingerprint density at radius 3 is 2.72 bits per heavy atom. The van der Waals surface area contributed by atoms with Crippen molar-refractivity contribution in [3.63, 3.8) is 0 Å². The monoisotopic (exact) mass is 257 g/mol. The number of likely N-dealkylation sites (N-methyl/N-ethyl adjacent to an activating group) is 1. The van der Waals surface area contributed by atoms with Crippen LogP contribution in [-0.4, -0.2) is 56.7 Å². The maximum absolute atomic E-state index is 11.8. The Balaban J connectivity index is 2.06. The number of hydrogen-bond acceptors (Lipinski definition) is 4. The summed E-state index contributed by atoms with van der Waals surface area (Å²) in [6, 6.07) is 0.303. The van der Waals surface area contributed by atoms with E-state index in [9.17, 15) is 4.79 Å². The lowest BCUT2D eigenvalue weighted by Crippen LogP contribution is -2.43. The number of hydrogen-bond donors (Lipinski definition) is 2. The fourth-order valence-corrected chi connectivity index (χ4v) is 2.14. The van der Waals surface area contributed by atoms with Crippen molar-refractivity contribution in [2.45, 2.75) is 38.1 Å². The van der Waals surface area contributed by atoms with E-state index in [1.54, 1.807) is 0 Å². The van der Waals surface area contributed by atoms with Crippen LogP contribution in [0.1, 0.15) is 32.1 Å². The van der Waals surface area contributed by atoms with Gasteiger partial charge in [0, 0.05) is 19.3 Å². The zero-order valence-electron chi connectivity index (χ0n) is 11.5. The molecule has 1 heterocycles. The van der Waals surface area contributed by atoms with Crippen molar-refractivity contribution < 1.29 is 9.53 Å². The van der Waals surface area contributed by atoms with Gasteiger partial charge in [-0.25, -0.2) is 0 Å². The Morgan fingerprint density at radius 1 is 1.33 bits per heavy atom. The van der Waals surface area contributed by atoms with Crippen molar-refractivity contribution in [2.24, 2.45) is 5.73 Å². The number of nitrogens with one attached hydrogen (secondary N) is 1. The van der Waals surface area contributed by atoms with Crippen LogP contribution >= 0.6 is 0 Å². The average molecular weight is 257 g/mol. The molecule has 0 aliphatic carbocycles.